The van der Waals surface area contributed by atoms with E-state index in [1.54, 1.807) is 0 Å². The molecule has 0 aliphatic carbocycles. The molecule has 2 amide bonds. The van der Waals surface area contributed by atoms with Gasteiger partial charge in [-0.3, -0.25) is 9.59 Å². The average Bonchev–Trinajstić information content (AvgIpc) is 2.92. The van der Waals surface area contributed by atoms with Crippen molar-refractivity contribution < 1.29 is 18.0 Å². The molecule has 0 aromatic heterocycles. The van der Waals surface area contributed by atoms with Gasteiger partial charge in [-0.1, -0.05) is 12.1 Å². The number of carbonyl (C=O) groups excluding carboxylic acids is 2. The van der Waals surface area contributed by atoms with Crippen molar-refractivity contribution >= 4 is 33.1 Å². The highest BCUT2D eigenvalue weighted by molar-refractivity contribution is 7.91. The van der Waals surface area contributed by atoms with Crippen LogP contribution in [-0.2, 0) is 19.4 Å². The van der Waals surface area contributed by atoms with E-state index in [2.05, 4.69) is 10.4 Å². The summed E-state index contributed by atoms with van der Waals surface area (Å²) in [5.41, 5.74) is 3.00. The zero-order valence-corrected chi connectivity index (χ0v) is 15.1. The smallest absolute Gasteiger partial charge is 0.271 e. The number of benzene rings is 1. The second-order valence-corrected chi connectivity index (χ2v) is 8.77. The minimum absolute atomic E-state index is 0.0565. The Hall–Kier alpha value is -2.22. The van der Waals surface area contributed by atoms with Crippen molar-refractivity contribution in [3.63, 3.8) is 0 Å². The Bertz CT molecular complexity index is 861. The van der Waals surface area contributed by atoms with Crippen molar-refractivity contribution in [3.8, 4) is 0 Å². The minimum atomic E-state index is -3.13. The predicted molar refractivity (Wildman–Crippen MR) is 95.1 cm³/mol. The first-order valence-electron chi connectivity index (χ1n) is 8.24. The second kappa shape index (κ2) is 6.59. The summed E-state index contributed by atoms with van der Waals surface area (Å²) in [6, 6.07) is 5.17. The molecular formula is C17H21N3O4S. The van der Waals surface area contributed by atoms with Crippen molar-refractivity contribution in [2.75, 3.05) is 16.8 Å². The molecule has 2 heterocycles. The molecule has 0 bridgehead atoms. The predicted octanol–water partition coefficient (Wildman–Crippen LogP) is 1.41. The quantitative estimate of drug-likeness (QED) is 0.878. The van der Waals surface area contributed by atoms with Crippen LogP contribution in [0.4, 0.5) is 5.69 Å². The van der Waals surface area contributed by atoms with Crippen molar-refractivity contribution in [1.82, 2.24) is 5.01 Å². The standard InChI is InChI=1S/C17H21N3O4S/c1-11-4-3-5-14(12(11)2)18-17(22)15-6-7-16(21)20(19-15)13-8-9-25(23,24)10-13/h3-5,13H,6-10H2,1-2H3,(H,18,22)/t13-/m1/s1. The number of nitrogens with one attached hydrogen (secondary N) is 1. The first kappa shape index (κ1) is 17.6. The monoisotopic (exact) mass is 363 g/mol. The third-order valence-corrected chi connectivity index (χ3v) is 6.48. The van der Waals surface area contributed by atoms with Gasteiger partial charge in [0.05, 0.1) is 17.5 Å². The van der Waals surface area contributed by atoms with Crippen LogP contribution >= 0.6 is 0 Å². The fourth-order valence-electron chi connectivity index (χ4n) is 3.07. The summed E-state index contributed by atoms with van der Waals surface area (Å²) in [7, 11) is -3.13. The highest BCUT2D eigenvalue weighted by atomic mass is 32.2. The molecule has 2 aliphatic rings. The zero-order valence-electron chi connectivity index (χ0n) is 14.3. The molecule has 1 atom stereocenters. The summed E-state index contributed by atoms with van der Waals surface area (Å²) in [6.07, 6.45) is 0.782. The van der Waals surface area contributed by atoms with Gasteiger partial charge in [0.1, 0.15) is 5.71 Å². The normalized spacial score (nSPS) is 22.6. The number of anilines is 1. The lowest BCUT2D eigenvalue weighted by molar-refractivity contribution is -0.133. The number of sulfone groups is 1. The molecule has 1 fully saturated rings. The molecule has 25 heavy (non-hydrogen) atoms. The van der Waals surface area contributed by atoms with E-state index in [0.29, 0.717) is 12.1 Å². The molecule has 0 radical (unpaired) electrons. The summed E-state index contributed by atoms with van der Waals surface area (Å²) in [6.45, 7) is 3.89. The van der Waals surface area contributed by atoms with Crippen LogP contribution < -0.4 is 5.32 Å². The summed E-state index contributed by atoms with van der Waals surface area (Å²) in [4.78, 5) is 24.6. The molecule has 134 valence electrons. The number of carbonyl (C=O) groups is 2. The third kappa shape index (κ3) is 3.73. The van der Waals surface area contributed by atoms with Crippen LogP contribution in [0.15, 0.2) is 23.3 Å². The number of hydrogen-bond donors (Lipinski definition) is 1. The number of rotatable bonds is 3. The Morgan fingerprint density at radius 2 is 2.04 bits per heavy atom. The minimum Gasteiger partial charge on any atom is -0.321 e. The largest absolute Gasteiger partial charge is 0.321 e. The maximum Gasteiger partial charge on any atom is 0.271 e. The number of amides is 2. The second-order valence-electron chi connectivity index (χ2n) is 6.54. The highest BCUT2D eigenvalue weighted by Gasteiger charge is 2.37. The topological polar surface area (TPSA) is 95.9 Å². The van der Waals surface area contributed by atoms with Crippen LogP contribution in [0.25, 0.3) is 0 Å². The molecule has 8 heteroatoms. The first-order chi connectivity index (χ1) is 11.8. The lowest BCUT2D eigenvalue weighted by atomic mass is 10.1. The van der Waals surface area contributed by atoms with E-state index in [-0.39, 0.29) is 41.9 Å². The van der Waals surface area contributed by atoms with Crippen molar-refractivity contribution in [2.45, 2.75) is 39.2 Å². The fourth-order valence-corrected chi connectivity index (χ4v) is 4.76. The molecule has 1 aromatic carbocycles. The molecule has 1 aromatic rings. The number of hydrazone groups is 1. The Labute approximate surface area is 147 Å². The van der Waals surface area contributed by atoms with E-state index in [0.717, 1.165) is 11.1 Å². The van der Waals surface area contributed by atoms with E-state index in [9.17, 15) is 18.0 Å². The average molecular weight is 363 g/mol. The Kier molecular flexibility index (Phi) is 4.64. The van der Waals surface area contributed by atoms with Gasteiger partial charge in [0, 0.05) is 18.5 Å². The molecule has 0 saturated carbocycles. The molecule has 0 unspecified atom stereocenters. The molecule has 1 saturated heterocycles. The van der Waals surface area contributed by atoms with Gasteiger partial charge in [-0.15, -0.1) is 0 Å². The van der Waals surface area contributed by atoms with E-state index in [1.165, 1.54) is 5.01 Å². The Morgan fingerprint density at radius 1 is 1.28 bits per heavy atom. The van der Waals surface area contributed by atoms with E-state index < -0.39 is 15.9 Å². The highest BCUT2D eigenvalue weighted by Crippen LogP contribution is 2.23. The number of aryl methyl sites for hydroxylation is 1. The van der Waals surface area contributed by atoms with Crippen LogP contribution in [0.1, 0.15) is 30.4 Å². The maximum absolute atomic E-state index is 12.5. The van der Waals surface area contributed by atoms with E-state index in [4.69, 9.17) is 0 Å². The maximum atomic E-state index is 12.5. The van der Waals surface area contributed by atoms with E-state index >= 15 is 0 Å². The molecule has 0 spiro atoms. The van der Waals surface area contributed by atoms with Gasteiger partial charge in [0.25, 0.3) is 5.91 Å². The summed E-state index contributed by atoms with van der Waals surface area (Å²) >= 11 is 0. The van der Waals surface area contributed by atoms with Crippen LogP contribution in [0, 0.1) is 13.8 Å². The van der Waals surface area contributed by atoms with Gasteiger partial charge in [0.2, 0.25) is 5.91 Å². The fraction of sp³-hybridized carbons (Fsp3) is 0.471. The lowest BCUT2D eigenvalue weighted by Gasteiger charge is -2.27. The van der Waals surface area contributed by atoms with Gasteiger partial charge in [-0.2, -0.15) is 5.10 Å². The number of hydrogen-bond acceptors (Lipinski definition) is 5. The first-order valence-corrected chi connectivity index (χ1v) is 10.1. The van der Waals surface area contributed by atoms with Gasteiger partial charge in [-0.25, -0.2) is 13.4 Å². The van der Waals surface area contributed by atoms with Crippen LogP contribution in [0.5, 0.6) is 0 Å². The molecule has 2 aliphatic heterocycles. The SMILES string of the molecule is Cc1cccc(NC(=O)C2=NN([C@@H]3CCS(=O)(=O)C3)C(=O)CC2)c1C. The van der Waals surface area contributed by atoms with Crippen LogP contribution in [-0.4, -0.2) is 48.5 Å². The summed E-state index contributed by atoms with van der Waals surface area (Å²) in [5, 5.41) is 8.22. The summed E-state index contributed by atoms with van der Waals surface area (Å²) < 4.78 is 23.3. The van der Waals surface area contributed by atoms with Gasteiger partial charge in [0.15, 0.2) is 9.84 Å². The van der Waals surface area contributed by atoms with E-state index in [1.807, 2.05) is 32.0 Å². The molecule has 7 nitrogen and oxygen atoms in total. The van der Waals surface area contributed by atoms with Crippen molar-refractivity contribution in [3.05, 3.63) is 29.3 Å². The summed E-state index contributed by atoms with van der Waals surface area (Å²) in [5.74, 6) is -0.618. The lowest BCUT2D eigenvalue weighted by Crippen LogP contribution is -2.42. The third-order valence-electron chi connectivity index (χ3n) is 4.73. The van der Waals surface area contributed by atoms with Gasteiger partial charge in [-0.05, 0) is 37.5 Å². The van der Waals surface area contributed by atoms with Gasteiger partial charge < -0.3 is 5.32 Å². The van der Waals surface area contributed by atoms with Crippen LogP contribution in [0.3, 0.4) is 0 Å². The van der Waals surface area contributed by atoms with Gasteiger partial charge >= 0.3 is 0 Å². The Morgan fingerprint density at radius 3 is 2.72 bits per heavy atom. The van der Waals surface area contributed by atoms with Crippen LogP contribution in [0.2, 0.25) is 0 Å². The number of nitrogens with zero attached hydrogens (tertiary/aromatic N) is 2. The zero-order chi connectivity index (χ0) is 18.2. The molecule has 3 rings (SSSR count). The van der Waals surface area contributed by atoms with Crippen molar-refractivity contribution in [2.24, 2.45) is 5.10 Å². The van der Waals surface area contributed by atoms with Crippen molar-refractivity contribution in [1.29, 1.82) is 0 Å². The Balaban J connectivity index is 1.79. The molecule has 1 N–H and O–H groups in total. The molecular weight excluding hydrogens is 342 g/mol.